The van der Waals surface area contributed by atoms with E-state index in [-0.39, 0.29) is 18.6 Å². The quantitative estimate of drug-likeness (QED) is 0.587. The first-order chi connectivity index (χ1) is 14.5. The fraction of sp³-hybridized carbons (Fsp3) is 0.591. The molecule has 0 saturated carbocycles. The fourth-order valence-corrected chi connectivity index (χ4v) is 3.35. The zero-order valence-electron chi connectivity index (χ0n) is 18.0. The molecule has 0 N–H and O–H groups in total. The van der Waals surface area contributed by atoms with Crippen LogP contribution in [0.2, 0.25) is 0 Å². The van der Waals surface area contributed by atoms with Crippen molar-refractivity contribution in [3.63, 3.8) is 0 Å². The molecule has 164 valence electrons. The van der Waals surface area contributed by atoms with Gasteiger partial charge in [0.2, 0.25) is 5.89 Å². The maximum atomic E-state index is 12.5. The smallest absolute Gasteiger partial charge is 0.260 e. The Morgan fingerprint density at radius 2 is 2.03 bits per heavy atom. The Morgan fingerprint density at radius 3 is 2.77 bits per heavy atom. The standard InChI is InChI=1S/C22H31N3O5/c1-16(2)13-21-23-20(24-30-21)10-12-28-19-5-4-11-25(14-19)22(26)15-29-18-8-6-17(27-3)7-9-18/h6-9,16,19H,4-5,10-15H2,1-3H3. The Kier molecular flexibility index (Phi) is 8.07. The number of benzene rings is 1. The SMILES string of the molecule is COc1ccc(OCC(=O)N2CCCC(OCCc3noc(CC(C)C)n3)C2)cc1. The molecular weight excluding hydrogens is 386 g/mol. The number of rotatable bonds is 10. The number of methoxy groups -OCH3 is 1. The minimum absolute atomic E-state index is 0.0144. The van der Waals surface area contributed by atoms with Gasteiger partial charge in [-0.1, -0.05) is 19.0 Å². The normalized spacial score (nSPS) is 16.7. The number of aromatic nitrogens is 2. The molecule has 1 aromatic heterocycles. The number of nitrogens with zero attached hydrogens (tertiary/aromatic N) is 3. The van der Waals surface area contributed by atoms with Gasteiger partial charge in [0.05, 0.1) is 19.8 Å². The molecule has 8 heteroatoms. The number of hydrogen-bond donors (Lipinski definition) is 0. The van der Waals surface area contributed by atoms with Crippen LogP contribution in [0.4, 0.5) is 0 Å². The van der Waals surface area contributed by atoms with Gasteiger partial charge in [-0.15, -0.1) is 0 Å². The molecule has 2 aromatic rings. The molecule has 0 radical (unpaired) electrons. The number of piperidine rings is 1. The van der Waals surface area contributed by atoms with Gasteiger partial charge in [-0.3, -0.25) is 4.79 Å². The molecule has 1 aliphatic heterocycles. The first-order valence-corrected chi connectivity index (χ1v) is 10.5. The Bertz CT molecular complexity index is 790. The van der Waals surface area contributed by atoms with E-state index in [4.69, 9.17) is 18.7 Å². The van der Waals surface area contributed by atoms with Gasteiger partial charge in [0, 0.05) is 25.9 Å². The largest absolute Gasteiger partial charge is 0.497 e. The molecule has 30 heavy (non-hydrogen) atoms. The van der Waals surface area contributed by atoms with Crippen LogP contribution in [0.1, 0.15) is 38.4 Å². The zero-order valence-corrected chi connectivity index (χ0v) is 18.0. The predicted octanol–water partition coefficient (Wildman–Crippen LogP) is 2.91. The summed E-state index contributed by atoms with van der Waals surface area (Å²) in [6.07, 6.45) is 3.26. The summed E-state index contributed by atoms with van der Waals surface area (Å²) in [7, 11) is 1.61. The van der Waals surface area contributed by atoms with E-state index >= 15 is 0 Å². The highest BCUT2D eigenvalue weighted by Crippen LogP contribution is 2.18. The van der Waals surface area contributed by atoms with Crippen molar-refractivity contribution >= 4 is 5.91 Å². The summed E-state index contributed by atoms with van der Waals surface area (Å²) in [4.78, 5) is 18.7. The molecule has 8 nitrogen and oxygen atoms in total. The minimum Gasteiger partial charge on any atom is -0.497 e. The predicted molar refractivity (Wildman–Crippen MR) is 111 cm³/mol. The van der Waals surface area contributed by atoms with Crippen LogP contribution >= 0.6 is 0 Å². The summed E-state index contributed by atoms with van der Waals surface area (Å²) in [5.41, 5.74) is 0. The average molecular weight is 418 g/mol. The molecule has 2 heterocycles. The third kappa shape index (κ3) is 6.73. The molecule has 1 fully saturated rings. The van der Waals surface area contributed by atoms with Gasteiger partial charge in [0.15, 0.2) is 12.4 Å². The highest BCUT2D eigenvalue weighted by atomic mass is 16.5. The topological polar surface area (TPSA) is 86.9 Å². The van der Waals surface area contributed by atoms with Gasteiger partial charge in [0.25, 0.3) is 5.91 Å². The van der Waals surface area contributed by atoms with Crippen molar-refractivity contribution < 1.29 is 23.5 Å². The first kappa shape index (κ1) is 22.1. The monoisotopic (exact) mass is 417 g/mol. The van der Waals surface area contributed by atoms with E-state index in [0.29, 0.717) is 43.0 Å². The number of carbonyl (C=O) groups is 1. The molecule has 1 saturated heterocycles. The second-order valence-corrected chi connectivity index (χ2v) is 7.89. The third-order valence-electron chi connectivity index (χ3n) is 4.92. The number of amides is 1. The summed E-state index contributed by atoms with van der Waals surface area (Å²) in [6, 6.07) is 7.19. The third-order valence-corrected chi connectivity index (χ3v) is 4.92. The van der Waals surface area contributed by atoms with Crippen LogP contribution in [0.3, 0.4) is 0 Å². The van der Waals surface area contributed by atoms with Crippen LogP contribution in [-0.4, -0.2) is 60.5 Å². The van der Waals surface area contributed by atoms with Crippen LogP contribution < -0.4 is 9.47 Å². The summed E-state index contributed by atoms with van der Waals surface area (Å²) in [5.74, 6) is 3.19. The van der Waals surface area contributed by atoms with Crippen LogP contribution in [0.15, 0.2) is 28.8 Å². The fourth-order valence-electron chi connectivity index (χ4n) is 3.35. The van der Waals surface area contributed by atoms with Crippen LogP contribution in [0, 0.1) is 5.92 Å². The van der Waals surface area contributed by atoms with E-state index in [1.165, 1.54) is 0 Å². The summed E-state index contributed by atoms with van der Waals surface area (Å²) in [5, 5.41) is 4.00. The Morgan fingerprint density at radius 1 is 1.27 bits per heavy atom. The van der Waals surface area contributed by atoms with Gasteiger partial charge < -0.3 is 23.6 Å². The molecule has 3 rings (SSSR count). The van der Waals surface area contributed by atoms with Crippen molar-refractivity contribution in [3.05, 3.63) is 36.0 Å². The Labute approximate surface area is 177 Å². The van der Waals surface area contributed by atoms with Gasteiger partial charge in [-0.05, 0) is 43.0 Å². The molecule has 1 atom stereocenters. The van der Waals surface area contributed by atoms with Crippen molar-refractivity contribution in [1.29, 1.82) is 0 Å². The van der Waals surface area contributed by atoms with E-state index < -0.39 is 0 Å². The molecule has 0 spiro atoms. The summed E-state index contributed by atoms with van der Waals surface area (Å²) in [6.45, 7) is 6.07. The maximum Gasteiger partial charge on any atom is 0.260 e. The Hall–Kier alpha value is -2.61. The van der Waals surface area contributed by atoms with Crippen molar-refractivity contribution in [1.82, 2.24) is 15.0 Å². The highest BCUT2D eigenvalue weighted by Gasteiger charge is 2.24. The van der Waals surface area contributed by atoms with Gasteiger partial charge >= 0.3 is 0 Å². The molecule has 1 aliphatic rings. The lowest BCUT2D eigenvalue weighted by atomic mass is 10.1. The molecule has 1 aromatic carbocycles. The highest BCUT2D eigenvalue weighted by molar-refractivity contribution is 5.77. The molecule has 1 amide bonds. The second-order valence-electron chi connectivity index (χ2n) is 7.89. The maximum absolute atomic E-state index is 12.5. The van der Waals surface area contributed by atoms with Crippen LogP contribution in [-0.2, 0) is 22.4 Å². The van der Waals surface area contributed by atoms with Crippen LogP contribution in [0.5, 0.6) is 11.5 Å². The number of ether oxygens (including phenoxy) is 3. The number of carbonyl (C=O) groups excluding carboxylic acids is 1. The van der Waals surface area contributed by atoms with Gasteiger partial charge in [0.1, 0.15) is 11.5 Å². The average Bonchev–Trinajstić information content (AvgIpc) is 3.19. The van der Waals surface area contributed by atoms with Gasteiger partial charge in [-0.2, -0.15) is 4.98 Å². The molecule has 0 bridgehead atoms. The van der Waals surface area contributed by atoms with E-state index in [1.807, 2.05) is 4.90 Å². The summed E-state index contributed by atoms with van der Waals surface area (Å²) >= 11 is 0. The summed E-state index contributed by atoms with van der Waals surface area (Å²) < 4.78 is 22.0. The first-order valence-electron chi connectivity index (χ1n) is 10.5. The zero-order chi connectivity index (χ0) is 21.3. The lowest BCUT2D eigenvalue weighted by Crippen LogP contribution is -2.45. The van der Waals surface area contributed by atoms with E-state index in [1.54, 1.807) is 31.4 Å². The van der Waals surface area contributed by atoms with Crippen molar-refractivity contribution in [2.45, 2.75) is 45.6 Å². The molecular formula is C22H31N3O5. The Balaban J connectivity index is 1.38. The van der Waals surface area contributed by atoms with Crippen molar-refractivity contribution in [2.75, 3.05) is 33.4 Å². The molecule has 1 unspecified atom stereocenters. The van der Waals surface area contributed by atoms with Crippen molar-refractivity contribution in [3.8, 4) is 11.5 Å². The van der Waals surface area contributed by atoms with E-state index in [2.05, 4.69) is 24.0 Å². The van der Waals surface area contributed by atoms with Gasteiger partial charge in [-0.25, -0.2) is 0 Å². The number of likely N-dealkylation sites (tertiary alicyclic amines) is 1. The van der Waals surface area contributed by atoms with E-state index in [0.717, 1.165) is 31.6 Å². The number of hydrogen-bond acceptors (Lipinski definition) is 7. The van der Waals surface area contributed by atoms with Crippen molar-refractivity contribution in [2.24, 2.45) is 5.92 Å². The van der Waals surface area contributed by atoms with Crippen LogP contribution in [0.25, 0.3) is 0 Å². The van der Waals surface area contributed by atoms with E-state index in [9.17, 15) is 4.79 Å². The minimum atomic E-state index is -0.0318. The lowest BCUT2D eigenvalue weighted by Gasteiger charge is -2.32. The molecule has 0 aliphatic carbocycles. The lowest BCUT2D eigenvalue weighted by molar-refractivity contribution is -0.137. The second kappa shape index (κ2) is 11.0.